The zero-order valence-electron chi connectivity index (χ0n) is 16.2. The summed E-state index contributed by atoms with van der Waals surface area (Å²) in [4.78, 5) is 24.8. The Bertz CT molecular complexity index is 923. The van der Waals surface area contributed by atoms with Crippen molar-refractivity contribution in [2.75, 3.05) is 18.9 Å². The van der Waals surface area contributed by atoms with Crippen LogP contribution in [0.5, 0.6) is 0 Å². The second-order valence-corrected chi connectivity index (χ2v) is 8.22. The molecular weight excluding hydrogens is 378 g/mol. The van der Waals surface area contributed by atoms with Crippen molar-refractivity contribution in [3.8, 4) is 0 Å². The molecule has 0 spiro atoms. The van der Waals surface area contributed by atoms with Crippen molar-refractivity contribution in [3.05, 3.63) is 59.7 Å². The summed E-state index contributed by atoms with van der Waals surface area (Å²) in [5.74, 6) is -0.579. The smallest absolute Gasteiger partial charge is 0.241 e. The van der Waals surface area contributed by atoms with Gasteiger partial charge in [0.15, 0.2) is 0 Å². The molecular formula is C20H25N3O4S. The lowest BCUT2D eigenvalue weighted by atomic mass is 10.1. The summed E-state index contributed by atoms with van der Waals surface area (Å²) in [6.45, 7) is 3.51. The zero-order valence-corrected chi connectivity index (χ0v) is 17.0. The minimum Gasteiger partial charge on any atom is -0.340 e. The van der Waals surface area contributed by atoms with E-state index in [-0.39, 0.29) is 23.3 Å². The first kappa shape index (κ1) is 21.6. The van der Waals surface area contributed by atoms with Gasteiger partial charge in [0, 0.05) is 26.2 Å². The van der Waals surface area contributed by atoms with Crippen molar-refractivity contribution in [2.24, 2.45) is 0 Å². The molecule has 0 aliphatic heterocycles. The number of aryl methyl sites for hydroxylation is 1. The zero-order chi connectivity index (χ0) is 20.7. The fraction of sp³-hybridized carbons (Fsp3) is 0.300. The van der Waals surface area contributed by atoms with Gasteiger partial charge in [-0.25, -0.2) is 13.1 Å². The number of benzene rings is 2. The van der Waals surface area contributed by atoms with Crippen molar-refractivity contribution in [3.63, 3.8) is 0 Å². The van der Waals surface area contributed by atoms with Gasteiger partial charge in [-0.15, -0.1) is 0 Å². The fourth-order valence-corrected chi connectivity index (χ4v) is 3.51. The standard InChI is InChI=1S/C20H25N3O4S/c1-4-16-5-7-17(8-6-16)14-23(3)20(25)13-21-28(26,27)19-11-9-18(10-12-19)22-15(2)24/h5-12,21H,4,13-14H2,1-3H3,(H,22,24). The summed E-state index contributed by atoms with van der Waals surface area (Å²) in [5, 5.41) is 2.56. The number of nitrogens with one attached hydrogen (secondary N) is 2. The van der Waals surface area contributed by atoms with Gasteiger partial charge >= 0.3 is 0 Å². The van der Waals surface area contributed by atoms with E-state index in [1.807, 2.05) is 24.3 Å². The van der Waals surface area contributed by atoms with Gasteiger partial charge in [0.05, 0.1) is 11.4 Å². The van der Waals surface area contributed by atoms with Gasteiger partial charge in [-0.3, -0.25) is 9.59 Å². The van der Waals surface area contributed by atoms with Gasteiger partial charge in [0.1, 0.15) is 0 Å². The number of rotatable bonds is 8. The van der Waals surface area contributed by atoms with Crippen LogP contribution in [0.2, 0.25) is 0 Å². The third kappa shape index (κ3) is 6.17. The van der Waals surface area contributed by atoms with Crippen LogP contribution in [0.1, 0.15) is 25.0 Å². The topological polar surface area (TPSA) is 95.6 Å². The highest BCUT2D eigenvalue weighted by molar-refractivity contribution is 7.89. The molecule has 7 nitrogen and oxygen atoms in total. The number of hydrogen-bond acceptors (Lipinski definition) is 4. The summed E-state index contributed by atoms with van der Waals surface area (Å²) < 4.78 is 27.0. The van der Waals surface area contributed by atoms with Gasteiger partial charge in [-0.1, -0.05) is 31.2 Å². The van der Waals surface area contributed by atoms with Crippen LogP contribution in [-0.4, -0.2) is 38.7 Å². The molecule has 0 aromatic heterocycles. The molecule has 0 fully saturated rings. The van der Waals surface area contributed by atoms with Crippen molar-refractivity contribution in [1.29, 1.82) is 0 Å². The van der Waals surface area contributed by atoms with Crippen LogP contribution in [-0.2, 0) is 32.6 Å². The van der Waals surface area contributed by atoms with Crippen LogP contribution in [0, 0.1) is 0 Å². The van der Waals surface area contributed by atoms with E-state index in [2.05, 4.69) is 17.0 Å². The van der Waals surface area contributed by atoms with E-state index in [4.69, 9.17) is 0 Å². The second-order valence-electron chi connectivity index (χ2n) is 6.45. The number of carbonyl (C=O) groups excluding carboxylic acids is 2. The summed E-state index contributed by atoms with van der Waals surface area (Å²) >= 11 is 0. The van der Waals surface area contributed by atoms with Crippen molar-refractivity contribution >= 4 is 27.5 Å². The normalized spacial score (nSPS) is 11.1. The molecule has 0 atom stereocenters. The van der Waals surface area contributed by atoms with E-state index in [0.29, 0.717) is 12.2 Å². The molecule has 0 bridgehead atoms. The lowest BCUT2D eigenvalue weighted by Crippen LogP contribution is -2.37. The number of nitrogens with zero attached hydrogens (tertiary/aromatic N) is 1. The predicted octanol–water partition coefficient (Wildman–Crippen LogP) is 2.14. The average Bonchev–Trinajstić information content (AvgIpc) is 2.66. The van der Waals surface area contributed by atoms with Crippen LogP contribution in [0.15, 0.2) is 53.4 Å². The Morgan fingerprint density at radius 1 is 0.964 bits per heavy atom. The largest absolute Gasteiger partial charge is 0.340 e. The van der Waals surface area contributed by atoms with Gasteiger partial charge < -0.3 is 10.2 Å². The fourth-order valence-electron chi connectivity index (χ4n) is 2.54. The number of sulfonamides is 1. The Labute approximate surface area is 165 Å². The van der Waals surface area contributed by atoms with E-state index >= 15 is 0 Å². The monoisotopic (exact) mass is 403 g/mol. The molecule has 0 saturated carbocycles. The van der Waals surface area contributed by atoms with E-state index in [1.165, 1.54) is 41.7 Å². The van der Waals surface area contributed by atoms with E-state index in [9.17, 15) is 18.0 Å². The minimum absolute atomic E-state index is 0.0206. The van der Waals surface area contributed by atoms with Crippen LogP contribution in [0.25, 0.3) is 0 Å². The molecule has 8 heteroatoms. The van der Waals surface area contributed by atoms with Crippen LogP contribution < -0.4 is 10.0 Å². The summed E-state index contributed by atoms with van der Waals surface area (Å²) in [6.07, 6.45) is 0.947. The number of anilines is 1. The molecule has 0 heterocycles. The van der Waals surface area contributed by atoms with Gasteiger partial charge in [-0.2, -0.15) is 0 Å². The van der Waals surface area contributed by atoms with E-state index < -0.39 is 10.0 Å². The molecule has 2 aromatic rings. The van der Waals surface area contributed by atoms with Gasteiger partial charge in [-0.05, 0) is 41.8 Å². The van der Waals surface area contributed by atoms with Crippen LogP contribution in [0.3, 0.4) is 0 Å². The molecule has 28 heavy (non-hydrogen) atoms. The van der Waals surface area contributed by atoms with Crippen molar-refractivity contribution < 1.29 is 18.0 Å². The van der Waals surface area contributed by atoms with Gasteiger partial charge in [0.25, 0.3) is 0 Å². The Hall–Kier alpha value is -2.71. The average molecular weight is 404 g/mol. The Morgan fingerprint density at radius 2 is 1.54 bits per heavy atom. The molecule has 0 radical (unpaired) electrons. The maximum absolute atomic E-state index is 12.4. The third-order valence-electron chi connectivity index (χ3n) is 4.18. The van der Waals surface area contributed by atoms with Crippen LogP contribution >= 0.6 is 0 Å². The molecule has 2 rings (SSSR count). The summed E-state index contributed by atoms with van der Waals surface area (Å²) in [7, 11) is -2.19. The second kappa shape index (κ2) is 9.48. The molecule has 0 aliphatic carbocycles. The first-order valence-electron chi connectivity index (χ1n) is 8.90. The molecule has 0 unspecified atom stereocenters. The molecule has 0 aliphatic rings. The Kier molecular flexibility index (Phi) is 7.31. The summed E-state index contributed by atoms with van der Waals surface area (Å²) in [6, 6.07) is 13.7. The van der Waals surface area contributed by atoms with Crippen molar-refractivity contribution in [1.82, 2.24) is 9.62 Å². The number of carbonyl (C=O) groups is 2. The summed E-state index contributed by atoms with van der Waals surface area (Å²) in [5.41, 5.74) is 2.69. The maximum atomic E-state index is 12.4. The first-order chi connectivity index (χ1) is 13.2. The lowest BCUT2D eigenvalue weighted by molar-refractivity contribution is -0.129. The number of amides is 2. The molecule has 150 valence electrons. The highest BCUT2D eigenvalue weighted by atomic mass is 32.2. The molecule has 2 N–H and O–H groups in total. The SMILES string of the molecule is CCc1ccc(CN(C)C(=O)CNS(=O)(=O)c2ccc(NC(C)=O)cc2)cc1. The molecule has 0 saturated heterocycles. The molecule has 2 aromatic carbocycles. The number of likely N-dealkylation sites (N-methyl/N-ethyl adjacent to an activating group) is 1. The predicted molar refractivity (Wildman–Crippen MR) is 108 cm³/mol. The third-order valence-corrected chi connectivity index (χ3v) is 5.59. The lowest BCUT2D eigenvalue weighted by Gasteiger charge is -2.18. The van der Waals surface area contributed by atoms with E-state index in [1.54, 1.807) is 7.05 Å². The minimum atomic E-state index is -3.83. The Balaban J connectivity index is 1.93. The Morgan fingerprint density at radius 3 is 2.07 bits per heavy atom. The van der Waals surface area contributed by atoms with Gasteiger partial charge in [0.2, 0.25) is 21.8 Å². The highest BCUT2D eigenvalue weighted by Crippen LogP contribution is 2.14. The van der Waals surface area contributed by atoms with Crippen LogP contribution in [0.4, 0.5) is 5.69 Å². The molecule has 2 amide bonds. The highest BCUT2D eigenvalue weighted by Gasteiger charge is 2.17. The van der Waals surface area contributed by atoms with E-state index in [0.717, 1.165) is 12.0 Å². The first-order valence-corrected chi connectivity index (χ1v) is 10.4. The van der Waals surface area contributed by atoms with Crippen molar-refractivity contribution in [2.45, 2.75) is 31.7 Å². The maximum Gasteiger partial charge on any atom is 0.241 e. The quantitative estimate of drug-likeness (QED) is 0.706. The number of hydrogen-bond donors (Lipinski definition) is 2.